The minimum Gasteiger partial charge on any atom is -0.282 e. The molecular weight excluding hydrogens is 204 g/mol. The second-order valence-electron chi connectivity index (χ2n) is 4.93. The van der Waals surface area contributed by atoms with Crippen LogP contribution in [0.5, 0.6) is 0 Å². The molecule has 0 saturated carbocycles. The summed E-state index contributed by atoms with van der Waals surface area (Å²) in [6, 6.07) is 7.93. The van der Waals surface area contributed by atoms with Crippen molar-refractivity contribution in [1.29, 1.82) is 0 Å². The number of hydrogen-bond acceptors (Lipinski definition) is 2. The van der Waals surface area contributed by atoms with Gasteiger partial charge in [-0.25, -0.2) is 0 Å². The number of hydrogen-bond donors (Lipinski definition) is 0. The molecule has 1 aromatic rings. The van der Waals surface area contributed by atoms with E-state index in [4.69, 9.17) is 0 Å². The smallest absolute Gasteiger partial charge is 0.219 e. The Morgan fingerprint density at radius 3 is 2.13 bits per heavy atom. The molecule has 0 atom stereocenters. The predicted molar refractivity (Wildman–Crippen MR) is 67.4 cm³/mol. The lowest BCUT2D eigenvalue weighted by Gasteiger charge is -2.18. The molecule has 0 radical (unpaired) electrons. The Labute approximate surface area is 96.3 Å². The second-order valence-corrected chi connectivity index (χ2v) is 5.70. The van der Waals surface area contributed by atoms with Gasteiger partial charge >= 0.3 is 0 Å². The molecule has 15 heavy (non-hydrogen) atoms. The number of benzene rings is 1. The fourth-order valence-corrected chi connectivity index (χ4v) is 1.86. The van der Waals surface area contributed by atoms with Crippen LogP contribution in [0.3, 0.4) is 0 Å². The van der Waals surface area contributed by atoms with Crippen molar-refractivity contribution in [2.24, 2.45) is 5.41 Å². The van der Waals surface area contributed by atoms with Crippen molar-refractivity contribution in [1.82, 2.24) is 0 Å². The zero-order valence-corrected chi connectivity index (χ0v) is 10.6. The van der Waals surface area contributed by atoms with Crippen LogP contribution in [0.4, 0.5) is 0 Å². The first-order valence-corrected chi connectivity index (χ1v) is 6.32. The molecule has 0 fully saturated rings. The first-order valence-electron chi connectivity index (χ1n) is 5.09. The molecule has 0 aliphatic rings. The molecule has 0 bridgehead atoms. The van der Waals surface area contributed by atoms with Gasteiger partial charge in [-0.15, -0.1) is 0 Å². The summed E-state index contributed by atoms with van der Waals surface area (Å²) in [6.45, 7) is 6.65. The maximum absolute atomic E-state index is 11.4. The van der Waals surface area contributed by atoms with Crippen LogP contribution in [0, 0.1) is 5.41 Å². The molecule has 0 saturated heterocycles. The van der Waals surface area contributed by atoms with E-state index in [1.165, 1.54) is 17.3 Å². The average Bonchev–Trinajstić information content (AvgIpc) is 2.15. The largest absolute Gasteiger partial charge is 0.282 e. The summed E-state index contributed by atoms with van der Waals surface area (Å²) < 4.78 is 0. The monoisotopic (exact) mass is 222 g/mol. The standard InChI is InChI=1S/C13H18OS/c1-13(2,3)9-10-5-7-11(8-6-10)12(14)15-4/h5-8H,9H2,1-4H3. The van der Waals surface area contributed by atoms with Crippen LogP contribution in [-0.4, -0.2) is 11.4 Å². The van der Waals surface area contributed by atoms with Gasteiger partial charge in [-0.2, -0.15) is 0 Å². The lowest BCUT2D eigenvalue weighted by molar-refractivity contribution is 0.108. The van der Waals surface area contributed by atoms with Crippen molar-refractivity contribution >= 4 is 16.9 Å². The van der Waals surface area contributed by atoms with Crippen LogP contribution in [-0.2, 0) is 6.42 Å². The Balaban J connectivity index is 2.77. The summed E-state index contributed by atoms with van der Waals surface area (Å²) in [7, 11) is 0. The summed E-state index contributed by atoms with van der Waals surface area (Å²) in [5.74, 6) is 0. The molecule has 0 aliphatic heterocycles. The maximum Gasteiger partial charge on any atom is 0.219 e. The van der Waals surface area contributed by atoms with E-state index >= 15 is 0 Å². The Hall–Kier alpha value is -0.760. The van der Waals surface area contributed by atoms with Gasteiger partial charge in [0.25, 0.3) is 0 Å². The SMILES string of the molecule is CSC(=O)c1ccc(CC(C)(C)C)cc1. The van der Waals surface area contributed by atoms with Crippen molar-refractivity contribution in [3.8, 4) is 0 Å². The highest BCUT2D eigenvalue weighted by Crippen LogP contribution is 2.21. The topological polar surface area (TPSA) is 17.1 Å². The molecule has 82 valence electrons. The molecule has 1 rings (SSSR count). The van der Waals surface area contributed by atoms with Gasteiger partial charge in [0.2, 0.25) is 5.12 Å². The highest BCUT2D eigenvalue weighted by molar-refractivity contribution is 8.13. The van der Waals surface area contributed by atoms with Gasteiger partial charge in [0, 0.05) is 5.56 Å². The summed E-state index contributed by atoms with van der Waals surface area (Å²) in [5.41, 5.74) is 2.38. The van der Waals surface area contributed by atoms with Crippen molar-refractivity contribution in [3.63, 3.8) is 0 Å². The number of rotatable bonds is 2. The minimum absolute atomic E-state index is 0.136. The normalized spacial score (nSPS) is 11.5. The van der Waals surface area contributed by atoms with Gasteiger partial charge in [-0.05, 0) is 23.7 Å². The maximum atomic E-state index is 11.4. The molecule has 1 nitrogen and oxygen atoms in total. The molecule has 0 spiro atoms. The van der Waals surface area contributed by atoms with Gasteiger partial charge in [0.05, 0.1) is 0 Å². The molecule has 0 heterocycles. The van der Waals surface area contributed by atoms with Crippen molar-refractivity contribution in [3.05, 3.63) is 35.4 Å². The third-order valence-corrected chi connectivity index (χ3v) is 2.72. The first kappa shape index (κ1) is 12.3. The third kappa shape index (κ3) is 4.08. The molecule has 0 amide bonds. The zero-order chi connectivity index (χ0) is 11.5. The van der Waals surface area contributed by atoms with Gasteiger partial charge in [-0.3, -0.25) is 4.79 Å². The van der Waals surface area contributed by atoms with Crippen LogP contribution >= 0.6 is 11.8 Å². The van der Waals surface area contributed by atoms with Crippen LogP contribution < -0.4 is 0 Å². The van der Waals surface area contributed by atoms with Crippen molar-refractivity contribution < 1.29 is 4.79 Å². The number of carbonyl (C=O) groups excluding carboxylic acids is 1. The lowest BCUT2D eigenvalue weighted by atomic mass is 9.88. The van der Waals surface area contributed by atoms with E-state index < -0.39 is 0 Å². The second kappa shape index (κ2) is 4.84. The Kier molecular flexibility index (Phi) is 3.97. The molecular formula is C13H18OS. The van der Waals surface area contributed by atoms with E-state index in [0.717, 1.165) is 12.0 Å². The summed E-state index contributed by atoms with van der Waals surface area (Å²) >= 11 is 1.26. The van der Waals surface area contributed by atoms with Gasteiger partial charge in [0.1, 0.15) is 0 Å². The molecule has 2 heteroatoms. The lowest BCUT2D eigenvalue weighted by Crippen LogP contribution is -2.09. The number of carbonyl (C=O) groups is 1. The van der Waals surface area contributed by atoms with Crippen LogP contribution in [0.15, 0.2) is 24.3 Å². The predicted octanol–water partition coefficient (Wildman–Crippen LogP) is 3.78. The van der Waals surface area contributed by atoms with Gasteiger partial charge in [0.15, 0.2) is 0 Å². The Morgan fingerprint density at radius 2 is 1.73 bits per heavy atom. The first-order chi connectivity index (χ1) is 6.92. The van der Waals surface area contributed by atoms with Crippen LogP contribution in [0.2, 0.25) is 0 Å². The summed E-state index contributed by atoms with van der Waals surface area (Å²) in [6.07, 6.45) is 2.85. The van der Waals surface area contributed by atoms with Crippen molar-refractivity contribution in [2.45, 2.75) is 27.2 Å². The molecule has 1 aromatic carbocycles. The third-order valence-electron chi connectivity index (χ3n) is 2.11. The highest BCUT2D eigenvalue weighted by Gasteiger charge is 2.11. The highest BCUT2D eigenvalue weighted by atomic mass is 32.2. The van der Waals surface area contributed by atoms with Crippen LogP contribution in [0.25, 0.3) is 0 Å². The zero-order valence-electron chi connectivity index (χ0n) is 9.83. The van der Waals surface area contributed by atoms with E-state index in [2.05, 4.69) is 32.9 Å². The average molecular weight is 222 g/mol. The Bertz CT molecular complexity index is 333. The molecule has 0 aliphatic carbocycles. The van der Waals surface area contributed by atoms with Gasteiger partial charge in [-0.1, -0.05) is 56.8 Å². The molecule has 0 N–H and O–H groups in total. The fraction of sp³-hybridized carbons (Fsp3) is 0.462. The summed E-state index contributed by atoms with van der Waals surface area (Å²) in [4.78, 5) is 11.4. The van der Waals surface area contributed by atoms with E-state index in [1.807, 2.05) is 18.4 Å². The molecule has 0 aromatic heterocycles. The Morgan fingerprint density at radius 1 is 1.20 bits per heavy atom. The number of thioether (sulfide) groups is 1. The van der Waals surface area contributed by atoms with Gasteiger partial charge < -0.3 is 0 Å². The van der Waals surface area contributed by atoms with Crippen molar-refractivity contribution in [2.75, 3.05) is 6.26 Å². The quantitative estimate of drug-likeness (QED) is 0.757. The fourth-order valence-electron chi connectivity index (χ4n) is 1.49. The van der Waals surface area contributed by atoms with E-state index in [0.29, 0.717) is 5.41 Å². The van der Waals surface area contributed by atoms with E-state index in [9.17, 15) is 4.79 Å². The summed E-state index contributed by atoms with van der Waals surface area (Å²) in [5, 5.41) is 0.136. The molecule has 0 unspecified atom stereocenters. The van der Waals surface area contributed by atoms with Crippen LogP contribution in [0.1, 0.15) is 36.7 Å². The minimum atomic E-state index is 0.136. The van der Waals surface area contributed by atoms with E-state index in [-0.39, 0.29) is 5.12 Å². The van der Waals surface area contributed by atoms with E-state index in [1.54, 1.807) is 0 Å².